The fraction of sp³-hybridized carbons (Fsp3) is 0.667. The third kappa shape index (κ3) is 3.30. The number of aromatic nitrogens is 2. The summed E-state index contributed by atoms with van der Waals surface area (Å²) in [6.07, 6.45) is 2.78. The van der Waals surface area contributed by atoms with E-state index in [-0.39, 0.29) is 11.6 Å². The van der Waals surface area contributed by atoms with Crippen LogP contribution in [0.5, 0.6) is 5.88 Å². The molecule has 94 valence electrons. The lowest BCUT2D eigenvalue weighted by Crippen LogP contribution is -2.35. The van der Waals surface area contributed by atoms with E-state index in [0.29, 0.717) is 18.4 Å². The highest BCUT2D eigenvalue weighted by molar-refractivity contribution is 5.31. The van der Waals surface area contributed by atoms with E-state index in [1.807, 2.05) is 13.8 Å². The van der Waals surface area contributed by atoms with Crippen LogP contribution in [0.15, 0.2) is 12.3 Å². The van der Waals surface area contributed by atoms with Crippen LogP contribution in [-0.2, 0) is 4.74 Å². The third-order valence-corrected chi connectivity index (χ3v) is 2.62. The minimum absolute atomic E-state index is 0.0730. The Bertz CT molecular complexity index is 376. The molecule has 1 atom stereocenters. The fourth-order valence-corrected chi connectivity index (χ4v) is 1.75. The third-order valence-electron chi connectivity index (χ3n) is 2.62. The quantitative estimate of drug-likeness (QED) is 0.866. The number of ether oxygens (including phenoxy) is 2. The average Bonchev–Trinajstić information content (AvgIpc) is 2.64. The Balaban J connectivity index is 2.05. The minimum atomic E-state index is -0.0730. The van der Waals surface area contributed by atoms with Gasteiger partial charge in [0.1, 0.15) is 0 Å². The van der Waals surface area contributed by atoms with Crippen molar-refractivity contribution in [2.24, 2.45) is 0 Å². The van der Waals surface area contributed by atoms with Crippen LogP contribution in [0.2, 0.25) is 0 Å². The van der Waals surface area contributed by atoms with E-state index in [1.54, 1.807) is 12.3 Å². The highest BCUT2D eigenvalue weighted by Crippen LogP contribution is 2.22. The smallest absolute Gasteiger partial charge is 0.226 e. The number of anilines is 1. The largest absolute Gasteiger partial charge is 0.475 e. The van der Waals surface area contributed by atoms with Crippen molar-refractivity contribution < 1.29 is 9.47 Å². The molecule has 5 nitrogen and oxygen atoms in total. The average molecular weight is 237 g/mol. The maximum atomic E-state index is 5.53. The van der Waals surface area contributed by atoms with Crippen LogP contribution in [0.1, 0.15) is 27.2 Å². The molecule has 0 amide bonds. The van der Waals surface area contributed by atoms with Crippen molar-refractivity contribution in [2.75, 3.05) is 18.5 Å². The molecule has 1 fully saturated rings. The lowest BCUT2D eigenvalue weighted by molar-refractivity contribution is 0.185. The number of nitrogens with one attached hydrogen (secondary N) is 1. The molecule has 0 bridgehead atoms. The van der Waals surface area contributed by atoms with Crippen molar-refractivity contribution in [3.05, 3.63) is 12.3 Å². The van der Waals surface area contributed by atoms with Gasteiger partial charge in [-0.05, 0) is 27.2 Å². The van der Waals surface area contributed by atoms with Crippen LogP contribution in [0, 0.1) is 0 Å². The first-order chi connectivity index (χ1) is 8.07. The second-order valence-corrected chi connectivity index (χ2v) is 4.87. The minimum Gasteiger partial charge on any atom is -0.475 e. The van der Waals surface area contributed by atoms with Gasteiger partial charge in [-0.3, -0.25) is 0 Å². The zero-order chi connectivity index (χ0) is 12.3. The normalized spacial score (nSPS) is 24.0. The zero-order valence-electron chi connectivity index (χ0n) is 10.6. The van der Waals surface area contributed by atoms with E-state index in [1.165, 1.54) is 0 Å². The SMILES string of the molecule is CC(C)Oc1ccnc(NC2(C)CCOC2)n1. The Morgan fingerprint density at radius 3 is 3.00 bits per heavy atom. The molecule has 2 rings (SSSR count). The predicted octanol–water partition coefficient (Wildman–Crippen LogP) is 1.85. The van der Waals surface area contributed by atoms with Gasteiger partial charge in [-0.1, -0.05) is 0 Å². The van der Waals surface area contributed by atoms with E-state index in [2.05, 4.69) is 22.2 Å². The Kier molecular flexibility index (Phi) is 3.47. The summed E-state index contributed by atoms with van der Waals surface area (Å²) in [6.45, 7) is 7.53. The van der Waals surface area contributed by atoms with Crippen molar-refractivity contribution in [1.82, 2.24) is 9.97 Å². The van der Waals surface area contributed by atoms with Crippen molar-refractivity contribution in [1.29, 1.82) is 0 Å². The van der Waals surface area contributed by atoms with E-state index >= 15 is 0 Å². The molecule has 1 saturated heterocycles. The molecule has 17 heavy (non-hydrogen) atoms. The highest BCUT2D eigenvalue weighted by atomic mass is 16.5. The summed E-state index contributed by atoms with van der Waals surface area (Å²) in [5.74, 6) is 1.19. The predicted molar refractivity (Wildman–Crippen MR) is 65.3 cm³/mol. The summed E-state index contributed by atoms with van der Waals surface area (Å²) < 4.78 is 10.9. The van der Waals surface area contributed by atoms with Gasteiger partial charge in [-0.15, -0.1) is 0 Å². The molecular weight excluding hydrogens is 218 g/mol. The summed E-state index contributed by atoms with van der Waals surface area (Å²) in [4.78, 5) is 8.52. The molecule has 1 aliphatic heterocycles. The zero-order valence-corrected chi connectivity index (χ0v) is 10.6. The van der Waals surface area contributed by atoms with Crippen LogP contribution < -0.4 is 10.1 Å². The summed E-state index contributed by atoms with van der Waals surface area (Å²) in [7, 11) is 0. The first kappa shape index (κ1) is 12.1. The van der Waals surface area contributed by atoms with Crippen molar-refractivity contribution in [3.8, 4) is 5.88 Å². The number of hydrogen-bond donors (Lipinski definition) is 1. The molecule has 1 aliphatic rings. The fourth-order valence-electron chi connectivity index (χ4n) is 1.75. The maximum Gasteiger partial charge on any atom is 0.226 e. The van der Waals surface area contributed by atoms with Gasteiger partial charge in [0.25, 0.3) is 0 Å². The van der Waals surface area contributed by atoms with Gasteiger partial charge in [-0.2, -0.15) is 4.98 Å². The molecule has 1 N–H and O–H groups in total. The summed E-state index contributed by atoms with van der Waals surface area (Å²) in [5, 5.41) is 3.30. The molecule has 1 aromatic rings. The Hall–Kier alpha value is -1.36. The van der Waals surface area contributed by atoms with Gasteiger partial charge < -0.3 is 14.8 Å². The van der Waals surface area contributed by atoms with Crippen LogP contribution in [0.25, 0.3) is 0 Å². The van der Waals surface area contributed by atoms with Gasteiger partial charge in [-0.25, -0.2) is 4.98 Å². The lowest BCUT2D eigenvalue weighted by Gasteiger charge is -2.23. The summed E-state index contributed by atoms with van der Waals surface area (Å²) in [5.41, 5.74) is -0.0730. The van der Waals surface area contributed by atoms with E-state index in [0.717, 1.165) is 13.0 Å². The van der Waals surface area contributed by atoms with Crippen molar-refractivity contribution >= 4 is 5.95 Å². The molecule has 1 aromatic heterocycles. The molecule has 0 saturated carbocycles. The van der Waals surface area contributed by atoms with Crippen LogP contribution in [-0.4, -0.2) is 34.8 Å². The van der Waals surface area contributed by atoms with Gasteiger partial charge >= 0.3 is 0 Å². The molecule has 0 aliphatic carbocycles. The standard InChI is InChI=1S/C12H19N3O2/c1-9(2)17-10-4-6-13-11(14-10)15-12(3)5-7-16-8-12/h4,6,9H,5,7-8H2,1-3H3,(H,13,14,15). The van der Waals surface area contributed by atoms with E-state index in [9.17, 15) is 0 Å². The first-order valence-corrected chi connectivity index (χ1v) is 5.93. The van der Waals surface area contributed by atoms with E-state index in [4.69, 9.17) is 9.47 Å². The molecule has 5 heteroatoms. The molecule has 0 radical (unpaired) electrons. The summed E-state index contributed by atoms with van der Waals surface area (Å²) >= 11 is 0. The molecule has 0 spiro atoms. The topological polar surface area (TPSA) is 56.3 Å². The molecule has 0 aromatic carbocycles. The van der Waals surface area contributed by atoms with Crippen LogP contribution in [0.4, 0.5) is 5.95 Å². The number of hydrogen-bond acceptors (Lipinski definition) is 5. The number of nitrogens with zero attached hydrogens (tertiary/aromatic N) is 2. The van der Waals surface area contributed by atoms with Gasteiger partial charge in [0.05, 0.1) is 18.2 Å². The van der Waals surface area contributed by atoms with Gasteiger partial charge in [0.15, 0.2) is 0 Å². The van der Waals surface area contributed by atoms with Gasteiger partial charge in [0.2, 0.25) is 11.8 Å². The van der Waals surface area contributed by atoms with Crippen LogP contribution in [0.3, 0.4) is 0 Å². The Morgan fingerprint density at radius 2 is 2.35 bits per heavy atom. The maximum absolute atomic E-state index is 5.53. The van der Waals surface area contributed by atoms with E-state index < -0.39 is 0 Å². The molecule has 2 heterocycles. The second-order valence-electron chi connectivity index (χ2n) is 4.87. The second kappa shape index (κ2) is 4.87. The highest BCUT2D eigenvalue weighted by Gasteiger charge is 2.30. The number of rotatable bonds is 4. The Morgan fingerprint density at radius 1 is 1.53 bits per heavy atom. The molecule has 1 unspecified atom stereocenters. The summed E-state index contributed by atoms with van der Waals surface area (Å²) in [6, 6.07) is 1.76. The van der Waals surface area contributed by atoms with Crippen molar-refractivity contribution in [2.45, 2.75) is 38.8 Å². The van der Waals surface area contributed by atoms with Crippen LogP contribution >= 0.6 is 0 Å². The lowest BCUT2D eigenvalue weighted by atomic mass is 10.0. The Labute approximate surface area is 102 Å². The first-order valence-electron chi connectivity index (χ1n) is 5.93. The monoisotopic (exact) mass is 237 g/mol. The van der Waals surface area contributed by atoms with Gasteiger partial charge in [0, 0.05) is 18.9 Å². The van der Waals surface area contributed by atoms with Crippen molar-refractivity contribution in [3.63, 3.8) is 0 Å². The molecular formula is C12H19N3O2.